The topological polar surface area (TPSA) is 47.9 Å². The van der Waals surface area contributed by atoms with Gasteiger partial charge in [0.15, 0.2) is 0 Å². The fourth-order valence-corrected chi connectivity index (χ4v) is 2.98. The SMILES string of the molecule is N#Cc1cccc2c1NCC21CCNCC1. The number of nitrogens with one attached hydrogen (secondary N) is 2. The summed E-state index contributed by atoms with van der Waals surface area (Å²) in [5.74, 6) is 0. The molecule has 0 aromatic heterocycles. The number of fused-ring (bicyclic) bond motifs is 2. The minimum Gasteiger partial charge on any atom is -0.383 e. The lowest BCUT2D eigenvalue weighted by molar-refractivity contribution is 0.335. The van der Waals surface area contributed by atoms with E-state index < -0.39 is 0 Å². The summed E-state index contributed by atoms with van der Waals surface area (Å²) < 4.78 is 0. The van der Waals surface area contributed by atoms with Crippen molar-refractivity contribution >= 4 is 5.69 Å². The van der Waals surface area contributed by atoms with Gasteiger partial charge in [0, 0.05) is 12.0 Å². The molecule has 2 aliphatic heterocycles. The largest absolute Gasteiger partial charge is 0.383 e. The summed E-state index contributed by atoms with van der Waals surface area (Å²) in [5, 5.41) is 15.9. The Morgan fingerprint density at radius 3 is 2.81 bits per heavy atom. The highest BCUT2D eigenvalue weighted by Crippen LogP contribution is 2.43. The molecule has 82 valence electrons. The maximum atomic E-state index is 9.09. The van der Waals surface area contributed by atoms with Crippen molar-refractivity contribution < 1.29 is 0 Å². The molecule has 0 bridgehead atoms. The van der Waals surface area contributed by atoms with Crippen LogP contribution in [0.4, 0.5) is 5.69 Å². The summed E-state index contributed by atoms with van der Waals surface area (Å²) in [6.07, 6.45) is 2.34. The van der Waals surface area contributed by atoms with E-state index in [1.54, 1.807) is 0 Å². The van der Waals surface area contributed by atoms with Gasteiger partial charge in [-0.25, -0.2) is 0 Å². The lowest BCUT2D eigenvalue weighted by Crippen LogP contribution is -2.41. The second kappa shape index (κ2) is 3.50. The van der Waals surface area contributed by atoms with Crippen molar-refractivity contribution in [2.24, 2.45) is 0 Å². The van der Waals surface area contributed by atoms with E-state index in [9.17, 15) is 0 Å². The molecule has 3 heteroatoms. The molecule has 3 nitrogen and oxygen atoms in total. The van der Waals surface area contributed by atoms with Gasteiger partial charge in [-0.3, -0.25) is 0 Å². The van der Waals surface area contributed by atoms with Gasteiger partial charge < -0.3 is 10.6 Å². The Labute approximate surface area is 95.5 Å². The first-order valence-electron chi connectivity index (χ1n) is 5.84. The molecule has 0 aliphatic carbocycles. The van der Waals surface area contributed by atoms with Gasteiger partial charge in [-0.1, -0.05) is 12.1 Å². The summed E-state index contributed by atoms with van der Waals surface area (Å²) >= 11 is 0. The van der Waals surface area contributed by atoms with Gasteiger partial charge in [0.05, 0.1) is 11.3 Å². The quantitative estimate of drug-likeness (QED) is 0.688. The van der Waals surface area contributed by atoms with E-state index in [4.69, 9.17) is 5.26 Å². The Kier molecular flexibility index (Phi) is 2.12. The van der Waals surface area contributed by atoms with Crippen LogP contribution >= 0.6 is 0 Å². The summed E-state index contributed by atoms with van der Waals surface area (Å²) in [4.78, 5) is 0. The summed E-state index contributed by atoms with van der Waals surface area (Å²) in [7, 11) is 0. The van der Waals surface area contributed by atoms with Crippen LogP contribution < -0.4 is 10.6 Å². The molecule has 1 fully saturated rings. The van der Waals surface area contributed by atoms with Gasteiger partial charge in [-0.05, 0) is 37.6 Å². The van der Waals surface area contributed by atoms with Crippen molar-refractivity contribution in [1.29, 1.82) is 5.26 Å². The molecular formula is C13H15N3. The minimum absolute atomic E-state index is 0.271. The van der Waals surface area contributed by atoms with Crippen LogP contribution in [-0.4, -0.2) is 19.6 Å². The Hall–Kier alpha value is -1.53. The number of para-hydroxylation sites is 1. The normalized spacial score (nSPS) is 21.2. The second-order valence-corrected chi connectivity index (χ2v) is 4.72. The highest BCUT2D eigenvalue weighted by Gasteiger charge is 2.40. The summed E-state index contributed by atoms with van der Waals surface area (Å²) in [5.41, 5.74) is 3.49. The summed E-state index contributed by atoms with van der Waals surface area (Å²) in [6.45, 7) is 3.15. The smallest absolute Gasteiger partial charge is 0.101 e. The molecule has 1 spiro atoms. The molecule has 1 saturated heterocycles. The van der Waals surface area contributed by atoms with Gasteiger partial charge in [0.25, 0.3) is 0 Å². The maximum Gasteiger partial charge on any atom is 0.101 e. The van der Waals surface area contributed by atoms with Crippen molar-refractivity contribution in [1.82, 2.24) is 5.32 Å². The second-order valence-electron chi connectivity index (χ2n) is 4.72. The van der Waals surface area contributed by atoms with Crippen molar-refractivity contribution in [3.05, 3.63) is 29.3 Å². The minimum atomic E-state index is 0.271. The Morgan fingerprint density at radius 2 is 2.06 bits per heavy atom. The molecule has 1 aromatic carbocycles. The number of anilines is 1. The third kappa shape index (κ3) is 1.23. The molecule has 3 rings (SSSR count). The predicted molar refractivity (Wildman–Crippen MR) is 63.4 cm³/mol. The van der Waals surface area contributed by atoms with E-state index in [1.807, 2.05) is 12.1 Å². The van der Waals surface area contributed by atoms with Crippen molar-refractivity contribution in [2.45, 2.75) is 18.3 Å². The van der Waals surface area contributed by atoms with Crippen molar-refractivity contribution in [2.75, 3.05) is 25.0 Å². The van der Waals surface area contributed by atoms with Crippen molar-refractivity contribution in [3.63, 3.8) is 0 Å². The van der Waals surface area contributed by atoms with Crippen LogP contribution in [0.2, 0.25) is 0 Å². The van der Waals surface area contributed by atoms with Crippen LogP contribution in [0, 0.1) is 11.3 Å². The number of hydrogen-bond donors (Lipinski definition) is 2. The van der Waals surface area contributed by atoms with E-state index >= 15 is 0 Å². The molecule has 0 saturated carbocycles. The number of benzene rings is 1. The van der Waals surface area contributed by atoms with Crippen LogP contribution in [0.5, 0.6) is 0 Å². The molecule has 0 amide bonds. The highest BCUT2D eigenvalue weighted by atomic mass is 15.0. The first-order valence-corrected chi connectivity index (χ1v) is 5.84. The molecule has 0 unspecified atom stereocenters. The fourth-order valence-electron chi connectivity index (χ4n) is 2.98. The predicted octanol–water partition coefficient (Wildman–Crippen LogP) is 1.60. The monoisotopic (exact) mass is 213 g/mol. The maximum absolute atomic E-state index is 9.09. The third-order valence-electron chi connectivity index (χ3n) is 3.92. The zero-order valence-corrected chi connectivity index (χ0v) is 9.21. The number of nitrogens with zero attached hydrogens (tertiary/aromatic N) is 1. The molecule has 16 heavy (non-hydrogen) atoms. The molecule has 0 atom stereocenters. The Balaban J connectivity index is 2.09. The van der Waals surface area contributed by atoms with Crippen LogP contribution in [0.1, 0.15) is 24.0 Å². The average molecular weight is 213 g/mol. The van der Waals surface area contributed by atoms with Gasteiger partial charge in [-0.15, -0.1) is 0 Å². The molecule has 2 N–H and O–H groups in total. The molecular weight excluding hydrogens is 198 g/mol. The number of hydrogen-bond acceptors (Lipinski definition) is 3. The van der Waals surface area contributed by atoms with Crippen LogP contribution in [0.15, 0.2) is 18.2 Å². The molecule has 0 radical (unpaired) electrons. The zero-order chi connectivity index (χ0) is 11.0. The van der Waals surface area contributed by atoms with Gasteiger partial charge in [-0.2, -0.15) is 5.26 Å². The lowest BCUT2D eigenvalue weighted by Gasteiger charge is -2.33. The lowest BCUT2D eigenvalue weighted by atomic mass is 9.74. The van der Waals surface area contributed by atoms with Gasteiger partial charge >= 0.3 is 0 Å². The average Bonchev–Trinajstić information content (AvgIpc) is 2.70. The van der Waals surface area contributed by atoms with E-state index in [1.165, 1.54) is 18.4 Å². The number of rotatable bonds is 0. The Bertz CT molecular complexity index is 453. The van der Waals surface area contributed by atoms with Crippen LogP contribution in [-0.2, 0) is 5.41 Å². The zero-order valence-electron chi connectivity index (χ0n) is 9.21. The first kappa shape index (κ1) is 9.68. The van der Waals surface area contributed by atoms with Gasteiger partial charge in [0.1, 0.15) is 6.07 Å². The van der Waals surface area contributed by atoms with Crippen molar-refractivity contribution in [3.8, 4) is 6.07 Å². The third-order valence-corrected chi connectivity index (χ3v) is 3.92. The Morgan fingerprint density at radius 1 is 1.25 bits per heavy atom. The van der Waals surface area contributed by atoms with Crippen LogP contribution in [0.3, 0.4) is 0 Å². The number of nitriles is 1. The first-order chi connectivity index (χ1) is 7.86. The fraction of sp³-hybridized carbons (Fsp3) is 0.462. The molecule has 1 aromatic rings. The van der Waals surface area contributed by atoms with E-state index in [-0.39, 0.29) is 5.41 Å². The van der Waals surface area contributed by atoms with E-state index in [0.29, 0.717) is 0 Å². The highest BCUT2D eigenvalue weighted by molar-refractivity contribution is 5.68. The van der Waals surface area contributed by atoms with E-state index in [0.717, 1.165) is 30.9 Å². The molecule has 2 heterocycles. The summed E-state index contributed by atoms with van der Waals surface area (Å²) in [6, 6.07) is 8.36. The standard InChI is InChI=1S/C13H15N3/c14-8-10-2-1-3-11-12(10)16-9-13(11)4-6-15-7-5-13/h1-3,15-16H,4-7,9H2. The van der Waals surface area contributed by atoms with Crippen LogP contribution in [0.25, 0.3) is 0 Å². The van der Waals surface area contributed by atoms with E-state index in [2.05, 4.69) is 22.8 Å². The van der Waals surface area contributed by atoms with Gasteiger partial charge in [0.2, 0.25) is 0 Å². The number of piperidine rings is 1. The molecule has 2 aliphatic rings.